The van der Waals surface area contributed by atoms with E-state index in [4.69, 9.17) is 0 Å². The molecule has 2 aromatic carbocycles. The molecule has 0 saturated heterocycles. The van der Waals surface area contributed by atoms with Crippen LogP contribution in [0.1, 0.15) is 30.8 Å². The lowest BCUT2D eigenvalue weighted by atomic mass is 10.0. The van der Waals surface area contributed by atoms with Crippen molar-refractivity contribution in [2.75, 3.05) is 10.7 Å². The SMILES string of the molecule is CCCc1nnc2n1N[C@H](c1ccccc1)[C@H](C(=O)Nc1ccc(F)cc1)S2. The number of amides is 1. The number of fused-ring (bicyclic) bond motifs is 1. The van der Waals surface area contributed by atoms with E-state index >= 15 is 0 Å². The molecule has 6 nitrogen and oxygen atoms in total. The molecule has 28 heavy (non-hydrogen) atoms. The van der Waals surface area contributed by atoms with Crippen LogP contribution in [-0.4, -0.2) is 26.0 Å². The van der Waals surface area contributed by atoms with Gasteiger partial charge in [-0.3, -0.25) is 4.79 Å². The largest absolute Gasteiger partial charge is 0.325 e. The number of carbonyl (C=O) groups excluding carboxylic acids is 1. The lowest BCUT2D eigenvalue weighted by Crippen LogP contribution is -2.41. The van der Waals surface area contributed by atoms with Gasteiger partial charge in [0.05, 0.1) is 6.04 Å². The molecule has 0 radical (unpaired) electrons. The molecule has 2 N–H and O–H groups in total. The number of carbonyl (C=O) groups is 1. The van der Waals surface area contributed by atoms with Crippen LogP contribution in [0.5, 0.6) is 0 Å². The lowest BCUT2D eigenvalue weighted by Gasteiger charge is -2.33. The number of halogens is 1. The molecule has 1 aromatic heterocycles. The van der Waals surface area contributed by atoms with Gasteiger partial charge in [0.25, 0.3) is 0 Å². The van der Waals surface area contributed by atoms with E-state index < -0.39 is 5.25 Å². The highest BCUT2D eigenvalue weighted by Crippen LogP contribution is 2.37. The van der Waals surface area contributed by atoms with Crippen LogP contribution in [0, 0.1) is 5.82 Å². The number of hydrogen-bond donors (Lipinski definition) is 2. The Morgan fingerprint density at radius 1 is 1.18 bits per heavy atom. The average molecular weight is 397 g/mol. The van der Waals surface area contributed by atoms with Crippen molar-refractivity contribution in [3.8, 4) is 0 Å². The van der Waals surface area contributed by atoms with Crippen molar-refractivity contribution in [3.05, 3.63) is 71.8 Å². The van der Waals surface area contributed by atoms with Crippen molar-refractivity contribution in [3.63, 3.8) is 0 Å². The minimum atomic E-state index is -0.460. The molecule has 0 spiro atoms. The van der Waals surface area contributed by atoms with Crippen molar-refractivity contribution in [2.24, 2.45) is 0 Å². The predicted molar refractivity (Wildman–Crippen MR) is 107 cm³/mol. The molecule has 0 unspecified atom stereocenters. The number of thioether (sulfide) groups is 1. The molecule has 2 atom stereocenters. The van der Waals surface area contributed by atoms with Crippen molar-refractivity contribution in [1.29, 1.82) is 0 Å². The number of nitrogens with zero attached hydrogens (tertiary/aromatic N) is 3. The van der Waals surface area contributed by atoms with Gasteiger partial charge < -0.3 is 10.7 Å². The first-order valence-corrected chi connectivity index (χ1v) is 10.0. The summed E-state index contributed by atoms with van der Waals surface area (Å²) in [5.41, 5.74) is 4.97. The van der Waals surface area contributed by atoms with E-state index in [0.29, 0.717) is 10.8 Å². The number of benzene rings is 2. The van der Waals surface area contributed by atoms with Crippen LogP contribution >= 0.6 is 11.8 Å². The average Bonchev–Trinajstić information content (AvgIpc) is 3.12. The van der Waals surface area contributed by atoms with Crippen LogP contribution in [0.25, 0.3) is 0 Å². The zero-order valence-electron chi connectivity index (χ0n) is 15.3. The van der Waals surface area contributed by atoms with Gasteiger partial charge in [-0.05, 0) is 36.2 Å². The van der Waals surface area contributed by atoms with Crippen LogP contribution in [0.15, 0.2) is 59.8 Å². The summed E-state index contributed by atoms with van der Waals surface area (Å²) in [5.74, 6) is 0.331. The number of aromatic nitrogens is 3. The van der Waals surface area contributed by atoms with Crippen LogP contribution in [0.4, 0.5) is 10.1 Å². The minimum absolute atomic E-state index is 0.177. The molecule has 1 amide bonds. The molecule has 0 aliphatic carbocycles. The number of rotatable bonds is 5. The summed E-state index contributed by atoms with van der Waals surface area (Å²) < 4.78 is 15.0. The van der Waals surface area contributed by atoms with Gasteiger partial charge in [0.15, 0.2) is 5.82 Å². The molecular formula is C20H20FN5OS. The molecule has 4 rings (SSSR count). The second kappa shape index (κ2) is 8.02. The Balaban J connectivity index is 1.64. The summed E-state index contributed by atoms with van der Waals surface area (Å²) in [7, 11) is 0. The quantitative estimate of drug-likeness (QED) is 0.686. The standard InChI is InChI=1S/C20H20FN5OS/c1-2-6-16-23-24-20-26(16)25-17(13-7-4-3-5-8-13)18(28-20)19(27)22-15-11-9-14(21)10-12-15/h3-5,7-12,17-18,25H,2,6H2,1H3,(H,22,27)/t17-,18-/m1/s1. The fourth-order valence-electron chi connectivity index (χ4n) is 3.14. The second-order valence-electron chi connectivity index (χ2n) is 6.54. The van der Waals surface area contributed by atoms with Crippen LogP contribution < -0.4 is 10.7 Å². The van der Waals surface area contributed by atoms with E-state index in [-0.39, 0.29) is 17.8 Å². The third-order valence-corrected chi connectivity index (χ3v) is 5.72. The lowest BCUT2D eigenvalue weighted by molar-refractivity contribution is -0.116. The molecule has 2 heterocycles. The number of hydrogen-bond acceptors (Lipinski definition) is 5. The highest BCUT2D eigenvalue weighted by atomic mass is 32.2. The predicted octanol–water partition coefficient (Wildman–Crippen LogP) is 3.77. The fraction of sp³-hybridized carbons (Fsp3) is 0.250. The smallest absolute Gasteiger partial charge is 0.240 e. The fourth-order valence-corrected chi connectivity index (χ4v) is 4.24. The molecule has 1 aliphatic rings. The molecule has 8 heteroatoms. The van der Waals surface area contributed by atoms with E-state index in [1.807, 2.05) is 35.0 Å². The molecular weight excluding hydrogens is 377 g/mol. The summed E-state index contributed by atoms with van der Waals surface area (Å²) in [4.78, 5) is 13.1. The first-order chi connectivity index (χ1) is 13.7. The van der Waals surface area contributed by atoms with E-state index in [0.717, 1.165) is 24.2 Å². The van der Waals surface area contributed by atoms with Crippen molar-refractivity contribution < 1.29 is 9.18 Å². The van der Waals surface area contributed by atoms with E-state index in [1.54, 1.807) is 12.1 Å². The Hall–Kier alpha value is -2.87. The van der Waals surface area contributed by atoms with Crippen molar-refractivity contribution in [2.45, 2.75) is 36.2 Å². The van der Waals surface area contributed by atoms with Crippen LogP contribution in [0.3, 0.4) is 0 Å². The summed E-state index contributed by atoms with van der Waals surface area (Å²) >= 11 is 1.38. The van der Waals surface area contributed by atoms with Gasteiger partial charge in [-0.2, -0.15) is 0 Å². The van der Waals surface area contributed by atoms with Gasteiger partial charge >= 0.3 is 0 Å². The highest BCUT2D eigenvalue weighted by Gasteiger charge is 2.37. The molecule has 3 aromatic rings. The molecule has 0 saturated carbocycles. The van der Waals surface area contributed by atoms with Gasteiger partial charge in [0.2, 0.25) is 11.1 Å². The maximum absolute atomic E-state index is 13.1. The van der Waals surface area contributed by atoms with Gasteiger partial charge in [-0.25, -0.2) is 9.07 Å². The normalized spacial score (nSPS) is 18.2. The van der Waals surface area contributed by atoms with Crippen LogP contribution in [-0.2, 0) is 11.2 Å². The number of anilines is 1. The topological polar surface area (TPSA) is 71.8 Å². The third-order valence-electron chi connectivity index (χ3n) is 4.51. The molecule has 0 bridgehead atoms. The summed E-state index contributed by atoms with van der Waals surface area (Å²) in [6.45, 7) is 2.09. The van der Waals surface area contributed by atoms with Gasteiger partial charge in [-0.15, -0.1) is 10.2 Å². The monoisotopic (exact) mass is 397 g/mol. The third kappa shape index (κ3) is 3.73. The Labute approximate surface area is 166 Å². The maximum Gasteiger partial charge on any atom is 0.240 e. The zero-order valence-corrected chi connectivity index (χ0v) is 16.1. The van der Waals surface area contributed by atoms with E-state index in [9.17, 15) is 9.18 Å². The van der Waals surface area contributed by atoms with Gasteiger partial charge in [0.1, 0.15) is 11.1 Å². The summed E-state index contributed by atoms with van der Waals surface area (Å²) in [5, 5.41) is 11.6. The number of nitrogens with one attached hydrogen (secondary N) is 2. The Kier molecular flexibility index (Phi) is 5.29. The molecule has 0 fully saturated rings. The van der Waals surface area contributed by atoms with Crippen molar-refractivity contribution in [1.82, 2.24) is 14.9 Å². The minimum Gasteiger partial charge on any atom is -0.325 e. The van der Waals surface area contributed by atoms with Crippen LogP contribution in [0.2, 0.25) is 0 Å². The van der Waals surface area contributed by atoms with Crippen molar-refractivity contribution >= 4 is 23.4 Å². The summed E-state index contributed by atoms with van der Waals surface area (Å²) in [6, 6.07) is 15.3. The second-order valence-corrected chi connectivity index (χ2v) is 7.64. The highest BCUT2D eigenvalue weighted by molar-refractivity contribution is 8.00. The molecule has 1 aliphatic heterocycles. The summed E-state index contributed by atoms with van der Waals surface area (Å²) in [6.07, 6.45) is 1.75. The number of aryl methyl sites for hydroxylation is 1. The zero-order chi connectivity index (χ0) is 19.5. The Morgan fingerprint density at radius 2 is 1.93 bits per heavy atom. The first-order valence-electron chi connectivity index (χ1n) is 9.14. The molecule has 144 valence electrons. The maximum atomic E-state index is 13.1. The van der Waals surface area contributed by atoms with Gasteiger partial charge in [0, 0.05) is 12.1 Å². The van der Waals surface area contributed by atoms with E-state index in [1.165, 1.54) is 23.9 Å². The van der Waals surface area contributed by atoms with Gasteiger partial charge in [-0.1, -0.05) is 49.0 Å². The van der Waals surface area contributed by atoms with E-state index in [2.05, 4.69) is 27.9 Å². The Morgan fingerprint density at radius 3 is 2.64 bits per heavy atom. The first kappa shape index (κ1) is 18.5. The Bertz CT molecular complexity index is 960.